The summed E-state index contributed by atoms with van der Waals surface area (Å²) in [7, 11) is 0. The summed E-state index contributed by atoms with van der Waals surface area (Å²) in [6.45, 7) is 8.81. The summed E-state index contributed by atoms with van der Waals surface area (Å²) >= 11 is 6.52. The average molecular weight is 419 g/mol. The van der Waals surface area contributed by atoms with E-state index in [-0.39, 0.29) is 11.9 Å². The summed E-state index contributed by atoms with van der Waals surface area (Å²) in [6, 6.07) is 1.84. The molecule has 0 saturated carbocycles. The first-order valence-corrected chi connectivity index (χ1v) is 10.6. The van der Waals surface area contributed by atoms with E-state index in [0.29, 0.717) is 22.3 Å². The zero-order valence-electron chi connectivity index (χ0n) is 17.0. The Bertz CT molecular complexity index is 858. The molecule has 0 radical (unpaired) electrons. The highest BCUT2D eigenvalue weighted by Crippen LogP contribution is 2.28. The smallest absolute Gasteiger partial charge is 0.255 e. The van der Waals surface area contributed by atoms with Gasteiger partial charge in [-0.1, -0.05) is 16.8 Å². The van der Waals surface area contributed by atoms with Crippen molar-refractivity contribution in [2.45, 2.75) is 39.2 Å². The third kappa shape index (κ3) is 4.38. The van der Waals surface area contributed by atoms with Crippen molar-refractivity contribution in [3.8, 4) is 0 Å². The van der Waals surface area contributed by atoms with E-state index in [1.54, 1.807) is 12.3 Å². The Morgan fingerprint density at radius 2 is 1.86 bits per heavy atom. The van der Waals surface area contributed by atoms with Gasteiger partial charge in [0.05, 0.1) is 16.6 Å². The number of pyridine rings is 1. The lowest BCUT2D eigenvalue weighted by Crippen LogP contribution is -2.47. The molecule has 1 atom stereocenters. The van der Waals surface area contributed by atoms with Crippen molar-refractivity contribution in [2.24, 2.45) is 0 Å². The number of aromatic nitrogens is 3. The Kier molecular flexibility index (Phi) is 6.01. The third-order valence-corrected chi connectivity index (χ3v) is 6.05. The van der Waals surface area contributed by atoms with Gasteiger partial charge in [-0.25, -0.2) is 4.98 Å². The normalized spacial score (nSPS) is 19.4. The Morgan fingerprint density at radius 3 is 2.48 bits per heavy atom. The molecule has 2 aliphatic rings. The quantitative estimate of drug-likeness (QED) is 0.755. The minimum Gasteiger partial charge on any atom is -0.353 e. The molecule has 2 saturated heterocycles. The molecule has 0 bridgehead atoms. The number of hydrogen-bond donors (Lipinski definition) is 0. The molecule has 2 aromatic heterocycles. The lowest BCUT2D eigenvalue weighted by molar-refractivity contribution is 0.0724. The number of aryl methyl sites for hydroxylation is 1. The second kappa shape index (κ2) is 8.67. The molecule has 0 aliphatic carbocycles. The van der Waals surface area contributed by atoms with Crippen LogP contribution in [0.5, 0.6) is 0 Å². The maximum atomic E-state index is 12.7. The first-order chi connectivity index (χ1) is 14.0. The van der Waals surface area contributed by atoms with Gasteiger partial charge in [0.15, 0.2) is 5.82 Å². The second-order valence-electron chi connectivity index (χ2n) is 7.76. The van der Waals surface area contributed by atoms with E-state index in [2.05, 4.69) is 31.8 Å². The standard InChI is InChI=1S/C20H27ClN6O2/c1-14(19-23-15(2)24-29-19)25-8-10-26(11-9-25)18-17(21)12-16(13-22-18)20(28)27-6-4-3-5-7-27/h12-14H,3-11H2,1-2H3. The molecule has 29 heavy (non-hydrogen) atoms. The second-order valence-corrected chi connectivity index (χ2v) is 8.17. The molecule has 1 unspecified atom stereocenters. The van der Waals surface area contributed by atoms with Crippen LogP contribution >= 0.6 is 11.6 Å². The van der Waals surface area contributed by atoms with Crippen LogP contribution in [0.3, 0.4) is 0 Å². The molecule has 8 nitrogen and oxygen atoms in total. The van der Waals surface area contributed by atoms with Crippen LogP contribution in [0.2, 0.25) is 5.02 Å². The summed E-state index contributed by atoms with van der Waals surface area (Å²) in [5.41, 5.74) is 0.569. The number of carbonyl (C=O) groups is 1. The number of hydrogen-bond acceptors (Lipinski definition) is 7. The van der Waals surface area contributed by atoms with Crippen molar-refractivity contribution in [1.29, 1.82) is 0 Å². The van der Waals surface area contributed by atoms with Crippen LogP contribution in [0.1, 0.15) is 54.3 Å². The monoisotopic (exact) mass is 418 g/mol. The molecule has 0 spiro atoms. The van der Waals surface area contributed by atoms with Crippen molar-refractivity contribution in [3.63, 3.8) is 0 Å². The van der Waals surface area contributed by atoms with Crippen molar-refractivity contribution >= 4 is 23.3 Å². The number of amides is 1. The number of piperazine rings is 1. The van der Waals surface area contributed by atoms with Crippen molar-refractivity contribution in [3.05, 3.63) is 34.6 Å². The molecule has 9 heteroatoms. The molecule has 0 aromatic carbocycles. The van der Waals surface area contributed by atoms with Gasteiger partial charge in [-0.3, -0.25) is 9.69 Å². The van der Waals surface area contributed by atoms with Crippen molar-refractivity contribution < 1.29 is 9.32 Å². The molecular weight excluding hydrogens is 392 g/mol. The van der Waals surface area contributed by atoms with Crippen LogP contribution in [0.25, 0.3) is 0 Å². The molecule has 2 aliphatic heterocycles. The van der Waals surface area contributed by atoms with Gasteiger partial charge < -0.3 is 14.3 Å². The fourth-order valence-corrected chi connectivity index (χ4v) is 4.31. The van der Waals surface area contributed by atoms with E-state index in [1.165, 1.54) is 6.42 Å². The fraction of sp³-hybridized carbons (Fsp3) is 0.600. The molecule has 156 valence electrons. The van der Waals surface area contributed by atoms with Crippen LogP contribution in [0.4, 0.5) is 5.82 Å². The number of anilines is 1. The molecule has 4 heterocycles. The summed E-state index contributed by atoms with van der Waals surface area (Å²) < 4.78 is 5.31. The summed E-state index contributed by atoms with van der Waals surface area (Å²) in [5.74, 6) is 2.07. The number of halogens is 1. The van der Waals surface area contributed by atoms with E-state index in [9.17, 15) is 4.79 Å². The average Bonchev–Trinajstić information content (AvgIpc) is 3.20. The van der Waals surface area contributed by atoms with E-state index >= 15 is 0 Å². The Morgan fingerprint density at radius 1 is 1.14 bits per heavy atom. The third-order valence-electron chi connectivity index (χ3n) is 5.77. The Labute approximate surface area is 175 Å². The first-order valence-electron chi connectivity index (χ1n) is 10.3. The minimum atomic E-state index is 0.0270. The number of piperidine rings is 1. The Hall–Kier alpha value is -2.19. The van der Waals surface area contributed by atoms with Gasteiger partial charge in [-0.15, -0.1) is 0 Å². The molecular formula is C20H27ClN6O2. The van der Waals surface area contributed by atoms with Gasteiger partial charge in [0.2, 0.25) is 5.89 Å². The maximum absolute atomic E-state index is 12.7. The van der Waals surface area contributed by atoms with E-state index in [0.717, 1.165) is 57.9 Å². The van der Waals surface area contributed by atoms with Gasteiger partial charge in [0, 0.05) is 45.5 Å². The molecule has 2 fully saturated rings. The van der Waals surface area contributed by atoms with Crippen LogP contribution < -0.4 is 4.90 Å². The topological polar surface area (TPSA) is 78.6 Å². The van der Waals surface area contributed by atoms with E-state index < -0.39 is 0 Å². The predicted octanol–water partition coefficient (Wildman–Crippen LogP) is 2.94. The highest BCUT2D eigenvalue weighted by Gasteiger charge is 2.27. The number of carbonyl (C=O) groups excluding carboxylic acids is 1. The number of nitrogens with zero attached hydrogens (tertiary/aromatic N) is 6. The van der Waals surface area contributed by atoms with Crippen LogP contribution in [-0.2, 0) is 0 Å². The van der Waals surface area contributed by atoms with Crippen molar-refractivity contribution in [2.75, 3.05) is 44.2 Å². The zero-order chi connectivity index (χ0) is 20.4. The zero-order valence-corrected chi connectivity index (χ0v) is 17.7. The van der Waals surface area contributed by atoms with Gasteiger partial charge in [0.25, 0.3) is 5.91 Å². The van der Waals surface area contributed by atoms with Gasteiger partial charge >= 0.3 is 0 Å². The van der Waals surface area contributed by atoms with Gasteiger partial charge in [0.1, 0.15) is 5.82 Å². The van der Waals surface area contributed by atoms with E-state index in [1.807, 2.05) is 11.8 Å². The van der Waals surface area contributed by atoms with Crippen LogP contribution in [0.15, 0.2) is 16.8 Å². The lowest BCUT2D eigenvalue weighted by Gasteiger charge is -2.37. The van der Waals surface area contributed by atoms with Gasteiger partial charge in [-0.2, -0.15) is 4.98 Å². The molecule has 0 N–H and O–H groups in total. The van der Waals surface area contributed by atoms with Crippen LogP contribution in [-0.4, -0.2) is 70.1 Å². The highest BCUT2D eigenvalue weighted by molar-refractivity contribution is 6.33. The Balaban J connectivity index is 1.39. The van der Waals surface area contributed by atoms with Crippen LogP contribution in [0, 0.1) is 6.92 Å². The minimum absolute atomic E-state index is 0.0270. The summed E-state index contributed by atoms with van der Waals surface area (Å²) in [6.07, 6.45) is 4.99. The molecule has 2 aromatic rings. The maximum Gasteiger partial charge on any atom is 0.255 e. The molecule has 1 amide bonds. The number of rotatable bonds is 4. The first kappa shape index (κ1) is 20.1. The number of likely N-dealkylation sites (tertiary alicyclic amines) is 1. The summed E-state index contributed by atoms with van der Waals surface area (Å²) in [5, 5.41) is 4.41. The predicted molar refractivity (Wildman–Crippen MR) is 110 cm³/mol. The van der Waals surface area contributed by atoms with Gasteiger partial charge in [-0.05, 0) is 39.2 Å². The SMILES string of the molecule is Cc1noc(C(C)N2CCN(c3ncc(C(=O)N4CCCCC4)cc3Cl)CC2)n1. The largest absolute Gasteiger partial charge is 0.353 e. The lowest BCUT2D eigenvalue weighted by atomic mass is 10.1. The summed E-state index contributed by atoms with van der Waals surface area (Å²) in [4.78, 5) is 27.9. The molecule has 4 rings (SSSR count). The highest BCUT2D eigenvalue weighted by atomic mass is 35.5. The van der Waals surface area contributed by atoms with E-state index in [4.69, 9.17) is 16.1 Å². The van der Waals surface area contributed by atoms with Crippen molar-refractivity contribution in [1.82, 2.24) is 24.9 Å². The fourth-order valence-electron chi connectivity index (χ4n) is 4.02.